The predicted molar refractivity (Wildman–Crippen MR) is 89.2 cm³/mol. The number of pyridine rings is 1. The van der Waals surface area contributed by atoms with Gasteiger partial charge in [-0.15, -0.1) is 0 Å². The van der Waals surface area contributed by atoms with Crippen molar-refractivity contribution in [2.45, 2.75) is 13.5 Å². The summed E-state index contributed by atoms with van der Waals surface area (Å²) in [5.41, 5.74) is 4.84. The Morgan fingerprint density at radius 2 is 1.95 bits per heavy atom. The number of benzene rings is 1. The molecular weight excluding hydrogens is 260 g/mol. The third kappa shape index (κ3) is 2.94. The Labute approximate surface area is 126 Å². The van der Waals surface area contributed by atoms with Gasteiger partial charge in [-0.3, -0.25) is 4.98 Å². The minimum absolute atomic E-state index is 0.851. The van der Waals surface area contributed by atoms with Crippen LogP contribution in [0.15, 0.2) is 42.6 Å². The Kier molecular flexibility index (Phi) is 3.95. The van der Waals surface area contributed by atoms with Crippen molar-refractivity contribution in [3.05, 3.63) is 48.3 Å². The van der Waals surface area contributed by atoms with Crippen LogP contribution in [0.3, 0.4) is 0 Å². The molecule has 1 N–H and O–H groups in total. The molecule has 1 aliphatic heterocycles. The molecule has 4 heteroatoms. The van der Waals surface area contributed by atoms with Gasteiger partial charge in [-0.2, -0.15) is 0 Å². The van der Waals surface area contributed by atoms with Gasteiger partial charge in [0.25, 0.3) is 0 Å². The van der Waals surface area contributed by atoms with Crippen LogP contribution in [-0.4, -0.2) is 31.7 Å². The average molecular weight is 282 g/mol. The lowest BCUT2D eigenvalue weighted by Crippen LogP contribution is -2.38. The standard InChI is InChI=1S/C17H22N4/c1-3-18-14-8-9-19-15(12-14)13-21-11-10-20(2)16-6-4-5-7-17(16)21/h4-9,12H,3,10-11,13H2,1-2H3,(H,18,19). The average Bonchev–Trinajstić information content (AvgIpc) is 2.51. The normalized spacial score (nSPS) is 14.0. The number of hydrogen-bond acceptors (Lipinski definition) is 4. The highest BCUT2D eigenvalue weighted by molar-refractivity contribution is 5.73. The molecule has 3 rings (SSSR count). The van der Waals surface area contributed by atoms with E-state index in [0.717, 1.165) is 37.6 Å². The van der Waals surface area contributed by atoms with Crippen LogP contribution in [-0.2, 0) is 6.54 Å². The van der Waals surface area contributed by atoms with Gasteiger partial charge in [0, 0.05) is 38.6 Å². The lowest BCUT2D eigenvalue weighted by Gasteiger charge is -2.36. The molecule has 21 heavy (non-hydrogen) atoms. The van der Waals surface area contributed by atoms with Gasteiger partial charge in [0.1, 0.15) is 0 Å². The lowest BCUT2D eigenvalue weighted by atomic mass is 10.1. The summed E-state index contributed by atoms with van der Waals surface area (Å²) in [5, 5.41) is 3.34. The van der Waals surface area contributed by atoms with E-state index in [1.807, 2.05) is 12.3 Å². The summed E-state index contributed by atoms with van der Waals surface area (Å²) in [7, 11) is 2.15. The first-order valence-corrected chi connectivity index (χ1v) is 7.52. The Balaban J connectivity index is 1.82. The fraction of sp³-hybridized carbons (Fsp3) is 0.353. The number of nitrogens with zero attached hydrogens (tertiary/aromatic N) is 3. The van der Waals surface area contributed by atoms with E-state index in [0.29, 0.717) is 0 Å². The summed E-state index contributed by atoms with van der Waals surface area (Å²) in [6, 6.07) is 12.7. The van der Waals surface area contributed by atoms with Gasteiger partial charge in [-0.1, -0.05) is 12.1 Å². The van der Waals surface area contributed by atoms with E-state index in [4.69, 9.17) is 0 Å². The van der Waals surface area contributed by atoms with Crippen molar-refractivity contribution in [3.63, 3.8) is 0 Å². The molecule has 0 atom stereocenters. The summed E-state index contributed by atoms with van der Waals surface area (Å²) in [6.45, 7) is 5.96. The van der Waals surface area contributed by atoms with E-state index in [9.17, 15) is 0 Å². The summed E-state index contributed by atoms with van der Waals surface area (Å²) in [4.78, 5) is 9.24. The van der Waals surface area contributed by atoms with Gasteiger partial charge < -0.3 is 15.1 Å². The summed E-state index contributed by atoms with van der Waals surface area (Å²) < 4.78 is 0. The van der Waals surface area contributed by atoms with Crippen LogP contribution in [0.5, 0.6) is 0 Å². The molecule has 0 amide bonds. The van der Waals surface area contributed by atoms with Gasteiger partial charge >= 0.3 is 0 Å². The Morgan fingerprint density at radius 1 is 1.14 bits per heavy atom. The van der Waals surface area contributed by atoms with Gasteiger partial charge in [-0.25, -0.2) is 0 Å². The first kappa shape index (κ1) is 13.7. The maximum absolute atomic E-state index is 4.51. The van der Waals surface area contributed by atoms with Crippen molar-refractivity contribution in [3.8, 4) is 0 Å². The zero-order valence-corrected chi connectivity index (χ0v) is 12.7. The van der Waals surface area contributed by atoms with Crippen molar-refractivity contribution < 1.29 is 0 Å². The Morgan fingerprint density at radius 3 is 2.76 bits per heavy atom. The summed E-state index contributed by atoms with van der Waals surface area (Å²) in [6.07, 6.45) is 1.88. The predicted octanol–water partition coefficient (Wildman–Crippen LogP) is 2.97. The quantitative estimate of drug-likeness (QED) is 0.934. The number of nitrogens with one attached hydrogen (secondary N) is 1. The van der Waals surface area contributed by atoms with Crippen LogP contribution in [0.1, 0.15) is 12.6 Å². The third-order valence-electron chi connectivity index (χ3n) is 3.89. The molecule has 0 spiro atoms. The molecule has 4 nitrogen and oxygen atoms in total. The van der Waals surface area contributed by atoms with E-state index in [1.54, 1.807) is 0 Å². The largest absolute Gasteiger partial charge is 0.385 e. The summed E-state index contributed by atoms with van der Waals surface area (Å²) in [5.74, 6) is 0. The number of hydrogen-bond donors (Lipinski definition) is 1. The number of anilines is 3. The van der Waals surface area contributed by atoms with Gasteiger partial charge in [-0.05, 0) is 31.2 Å². The molecule has 1 aliphatic rings. The second-order valence-corrected chi connectivity index (χ2v) is 5.40. The Bertz CT molecular complexity index is 611. The fourth-order valence-electron chi connectivity index (χ4n) is 2.80. The van der Waals surface area contributed by atoms with Crippen LogP contribution in [0, 0.1) is 0 Å². The van der Waals surface area contributed by atoms with Crippen LogP contribution in [0.2, 0.25) is 0 Å². The van der Waals surface area contributed by atoms with Crippen molar-refractivity contribution in [2.75, 3.05) is 41.8 Å². The van der Waals surface area contributed by atoms with Gasteiger partial charge in [0.15, 0.2) is 0 Å². The van der Waals surface area contributed by atoms with Gasteiger partial charge in [0.2, 0.25) is 0 Å². The molecule has 0 saturated carbocycles. The minimum Gasteiger partial charge on any atom is -0.385 e. The number of para-hydroxylation sites is 2. The second kappa shape index (κ2) is 6.04. The molecule has 2 heterocycles. The minimum atomic E-state index is 0.851. The molecule has 0 aliphatic carbocycles. The molecule has 0 saturated heterocycles. The molecule has 1 aromatic heterocycles. The first-order chi connectivity index (χ1) is 10.3. The molecule has 110 valence electrons. The highest BCUT2D eigenvalue weighted by Gasteiger charge is 2.20. The van der Waals surface area contributed by atoms with Crippen molar-refractivity contribution in [2.24, 2.45) is 0 Å². The maximum atomic E-state index is 4.51. The van der Waals surface area contributed by atoms with Crippen LogP contribution >= 0.6 is 0 Å². The molecule has 1 aromatic carbocycles. The highest BCUT2D eigenvalue weighted by atomic mass is 15.3. The second-order valence-electron chi connectivity index (χ2n) is 5.40. The zero-order chi connectivity index (χ0) is 14.7. The summed E-state index contributed by atoms with van der Waals surface area (Å²) >= 11 is 0. The molecule has 0 bridgehead atoms. The lowest BCUT2D eigenvalue weighted by molar-refractivity contribution is 0.725. The third-order valence-corrected chi connectivity index (χ3v) is 3.89. The van der Waals surface area contributed by atoms with E-state index >= 15 is 0 Å². The first-order valence-electron chi connectivity index (χ1n) is 7.52. The maximum Gasteiger partial charge on any atom is 0.0617 e. The van der Waals surface area contributed by atoms with E-state index in [2.05, 4.69) is 64.4 Å². The number of fused-ring (bicyclic) bond motifs is 1. The molecule has 0 fully saturated rings. The molecule has 0 unspecified atom stereocenters. The smallest absolute Gasteiger partial charge is 0.0617 e. The van der Waals surface area contributed by atoms with Crippen molar-refractivity contribution in [1.29, 1.82) is 0 Å². The molecular formula is C17H22N4. The Hall–Kier alpha value is -2.23. The number of likely N-dealkylation sites (N-methyl/N-ethyl adjacent to an activating group) is 1. The van der Waals surface area contributed by atoms with Crippen LogP contribution in [0.25, 0.3) is 0 Å². The fourth-order valence-corrected chi connectivity index (χ4v) is 2.80. The highest BCUT2D eigenvalue weighted by Crippen LogP contribution is 2.32. The van der Waals surface area contributed by atoms with E-state index < -0.39 is 0 Å². The van der Waals surface area contributed by atoms with E-state index in [1.165, 1.54) is 11.4 Å². The molecule has 0 radical (unpaired) electrons. The number of rotatable bonds is 4. The van der Waals surface area contributed by atoms with Crippen LogP contribution < -0.4 is 15.1 Å². The van der Waals surface area contributed by atoms with Gasteiger partial charge in [0.05, 0.1) is 23.6 Å². The monoisotopic (exact) mass is 282 g/mol. The molecule has 2 aromatic rings. The topological polar surface area (TPSA) is 31.4 Å². The van der Waals surface area contributed by atoms with Crippen molar-refractivity contribution in [1.82, 2.24) is 4.98 Å². The van der Waals surface area contributed by atoms with E-state index in [-0.39, 0.29) is 0 Å². The zero-order valence-electron chi connectivity index (χ0n) is 12.7. The van der Waals surface area contributed by atoms with Crippen LogP contribution in [0.4, 0.5) is 17.1 Å². The number of aromatic nitrogens is 1. The van der Waals surface area contributed by atoms with Crippen molar-refractivity contribution >= 4 is 17.1 Å². The SMILES string of the molecule is CCNc1ccnc(CN2CCN(C)c3ccccc32)c1.